The van der Waals surface area contributed by atoms with Gasteiger partial charge in [0.25, 0.3) is 0 Å². The molecule has 1 amide bonds. The van der Waals surface area contributed by atoms with Gasteiger partial charge in [-0.05, 0) is 55.8 Å². The number of carbonyl (C=O) groups excluding carboxylic acids is 1. The van der Waals surface area contributed by atoms with E-state index in [0.717, 1.165) is 77.7 Å². The van der Waals surface area contributed by atoms with Crippen LogP contribution in [-0.2, 0) is 4.79 Å². The molecule has 4 fully saturated rings. The monoisotopic (exact) mass is 417 g/mol. The molecule has 0 aromatic carbocycles. The maximum Gasteiger partial charge on any atom is 0.241 e. The van der Waals surface area contributed by atoms with Gasteiger partial charge in [-0.1, -0.05) is 6.92 Å². The molecule has 2 aliphatic carbocycles. The number of amides is 1. The molecule has 2 aliphatic heterocycles. The number of carbonyl (C=O) groups is 1. The molecule has 5 unspecified atom stereocenters. The molecule has 4 rings (SSSR count). The maximum absolute atomic E-state index is 13.1. The predicted molar refractivity (Wildman–Crippen MR) is 112 cm³/mol. The molecule has 0 bridgehead atoms. The molecule has 4 aliphatic rings. The van der Waals surface area contributed by atoms with Crippen LogP contribution < -0.4 is 0 Å². The molecule has 166 valence electrons. The molecule has 8 heteroatoms. The molecular formula is C22H35N5O3. The number of nitro groups is 1. The van der Waals surface area contributed by atoms with Crippen molar-refractivity contribution in [3.63, 3.8) is 0 Å². The molecule has 6 atom stereocenters. The normalized spacial score (nSPS) is 38.1. The van der Waals surface area contributed by atoms with E-state index in [4.69, 9.17) is 0 Å². The first-order chi connectivity index (χ1) is 14.5. The third-order valence-corrected chi connectivity index (χ3v) is 8.38. The largest absolute Gasteiger partial charge is 0.340 e. The van der Waals surface area contributed by atoms with Crippen LogP contribution in [0.4, 0.5) is 0 Å². The Morgan fingerprint density at radius 2 is 1.87 bits per heavy atom. The lowest BCUT2D eigenvalue weighted by atomic mass is 9.66. The van der Waals surface area contributed by atoms with Gasteiger partial charge in [-0.3, -0.25) is 19.8 Å². The Bertz CT molecular complexity index is 695. The molecular weight excluding hydrogens is 382 g/mol. The van der Waals surface area contributed by atoms with E-state index >= 15 is 0 Å². The Labute approximate surface area is 179 Å². The summed E-state index contributed by atoms with van der Waals surface area (Å²) in [5.74, 6) is 2.36. The fourth-order valence-corrected chi connectivity index (χ4v) is 6.47. The minimum absolute atomic E-state index is 0.0643. The van der Waals surface area contributed by atoms with Gasteiger partial charge in [-0.15, -0.1) is 0 Å². The van der Waals surface area contributed by atoms with Crippen molar-refractivity contribution in [2.75, 3.05) is 39.3 Å². The summed E-state index contributed by atoms with van der Waals surface area (Å²) in [6, 6.07) is -0.505. The Hall–Kier alpha value is -1.88. The minimum Gasteiger partial charge on any atom is -0.340 e. The second-order valence-electron chi connectivity index (χ2n) is 10.1. The summed E-state index contributed by atoms with van der Waals surface area (Å²) >= 11 is 0. The minimum atomic E-state index is -0.339. The predicted octanol–water partition coefficient (Wildman–Crippen LogP) is 2.18. The van der Waals surface area contributed by atoms with Gasteiger partial charge in [0.1, 0.15) is 6.04 Å². The average molecular weight is 418 g/mol. The summed E-state index contributed by atoms with van der Waals surface area (Å²) < 4.78 is 0. The molecule has 2 heterocycles. The summed E-state index contributed by atoms with van der Waals surface area (Å²) in [4.78, 5) is 30.3. The first-order valence-corrected chi connectivity index (χ1v) is 11.8. The van der Waals surface area contributed by atoms with Crippen molar-refractivity contribution in [1.82, 2.24) is 14.7 Å². The lowest BCUT2D eigenvalue weighted by Crippen LogP contribution is -2.64. The van der Waals surface area contributed by atoms with Crippen molar-refractivity contribution < 1.29 is 9.72 Å². The second kappa shape index (κ2) is 9.09. The fourth-order valence-electron chi connectivity index (χ4n) is 6.47. The van der Waals surface area contributed by atoms with Crippen molar-refractivity contribution in [3.8, 4) is 6.19 Å². The number of piperazine rings is 2. The van der Waals surface area contributed by atoms with E-state index in [9.17, 15) is 20.2 Å². The molecule has 0 radical (unpaired) electrons. The van der Waals surface area contributed by atoms with E-state index in [-0.39, 0.29) is 22.9 Å². The maximum atomic E-state index is 13.1. The Morgan fingerprint density at radius 1 is 1.10 bits per heavy atom. The summed E-state index contributed by atoms with van der Waals surface area (Å²) in [5, 5.41) is 20.4. The van der Waals surface area contributed by atoms with Gasteiger partial charge >= 0.3 is 0 Å². The van der Waals surface area contributed by atoms with Crippen molar-refractivity contribution >= 4 is 5.91 Å². The number of hydrogen-bond acceptors (Lipinski definition) is 6. The molecule has 0 spiro atoms. The van der Waals surface area contributed by atoms with Gasteiger partial charge in [-0.2, -0.15) is 5.26 Å². The summed E-state index contributed by atoms with van der Waals surface area (Å²) in [6.45, 7) is 6.87. The van der Waals surface area contributed by atoms with Crippen molar-refractivity contribution in [2.45, 2.75) is 64.0 Å². The van der Waals surface area contributed by atoms with Gasteiger partial charge < -0.3 is 9.80 Å². The third kappa shape index (κ3) is 4.41. The lowest BCUT2D eigenvalue weighted by Gasteiger charge is -2.47. The number of nitriles is 1. The number of nitrogens with zero attached hydrogens (tertiary/aromatic N) is 5. The van der Waals surface area contributed by atoms with E-state index in [0.29, 0.717) is 30.2 Å². The summed E-state index contributed by atoms with van der Waals surface area (Å²) in [6.07, 6.45) is 9.23. The standard InChI is InChI=1S/C22H35N5O3/c1-16-11-18(17-3-2-4-20(12-17)27(29)30)5-6-19(16)13-26-10-9-25-8-7-24(15-23)14-21(25)22(26)28/h16-21H,2-14H2,1H3/t16?,17?,18?,19?,20?,21-/m1/s1. The van der Waals surface area contributed by atoms with Crippen LogP contribution in [0.3, 0.4) is 0 Å². The molecule has 8 nitrogen and oxygen atoms in total. The lowest BCUT2D eigenvalue weighted by molar-refractivity contribution is -0.528. The highest BCUT2D eigenvalue weighted by Crippen LogP contribution is 2.43. The van der Waals surface area contributed by atoms with Gasteiger partial charge in [0.15, 0.2) is 6.19 Å². The highest BCUT2D eigenvalue weighted by molar-refractivity contribution is 5.83. The third-order valence-electron chi connectivity index (χ3n) is 8.38. The Balaban J connectivity index is 1.31. The van der Waals surface area contributed by atoms with E-state index < -0.39 is 0 Å². The molecule has 0 N–H and O–H groups in total. The van der Waals surface area contributed by atoms with Gasteiger partial charge in [-0.25, -0.2) is 0 Å². The SMILES string of the molecule is CC1CC(C2CCCC([N+](=O)[O-])C2)CCC1CN1CCN2CCN(C#N)C[C@@H]2C1=O. The topological polar surface area (TPSA) is 93.7 Å². The molecule has 30 heavy (non-hydrogen) atoms. The van der Waals surface area contributed by atoms with E-state index in [1.165, 1.54) is 0 Å². The van der Waals surface area contributed by atoms with Crippen molar-refractivity contribution in [1.29, 1.82) is 5.26 Å². The van der Waals surface area contributed by atoms with Crippen LogP contribution in [0.2, 0.25) is 0 Å². The van der Waals surface area contributed by atoms with Crippen molar-refractivity contribution in [2.24, 2.45) is 23.7 Å². The fraction of sp³-hybridized carbons (Fsp3) is 0.909. The van der Waals surface area contributed by atoms with Crippen LogP contribution in [0.1, 0.15) is 51.9 Å². The zero-order valence-electron chi connectivity index (χ0n) is 18.1. The van der Waals surface area contributed by atoms with Crippen LogP contribution in [-0.4, -0.2) is 76.9 Å². The highest BCUT2D eigenvalue weighted by atomic mass is 16.6. The zero-order valence-corrected chi connectivity index (χ0v) is 18.1. The smallest absolute Gasteiger partial charge is 0.241 e. The van der Waals surface area contributed by atoms with Crippen LogP contribution in [0.25, 0.3) is 0 Å². The van der Waals surface area contributed by atoms with E-state index in [1.54, 1.807) is 4.90 Å². The molecule has 2 saturated carbocycles. The van der Waals surface area contributed by atoms with Gasteiger partial charge in [0.05, 0.1) is 6.54 Å². The van der Waals surface area contributed by atoms with Crippen LogP contribution in [0.5, 0.6) is 0 Å². The van der Waals surface area contributed by atoms with Crippen LogP contribution in [0.15, 0.2) is 0 Å². The number of rotatable bonds is 4. The quantitative estimate of drug-likeness (QED) is 0.395. The number of hydrogen-bond donors (Lipinski definition) is 0. The summed E-state index contributed by atoms with van der Waals surface area (Å²) in [7, 11) is 0. The first kappa shape index (κ1) is 21.4. The zero-order chi connectivity index (χ0) is 21.3. The second-order valence-corrected chi connectivity index (χ2v) is 10.1. The Morgan fingerprint density at radius 3 is 2.60 bits per heavy atom. The van der Waals surface area contributed by atoms with E-state index in [2.05, 4.69) is 18.0 Å². The van der Waals surface area contributed by atoms with Crippen LogP contribution >= 0.6 is 0 Å². The van der Waals surface area contributed by atoms with E-state index in [1.807, 2.05) is 4.90 Å². The van der Waals surface area contributed by atoms with Gasteiger partial charge in [0, 0.05) is 50.5 Å². The van der Waals surface area contributed by atoms with Crippen LogP contribution in [0, 0.1) is 45.2 Å². The van der Waals surface area contributed by atoms with Gasteiger partial charge in [0.2, 0.25) is 11.9 Å². The molecule has 2 saturated heterocycles. The average Bonchev–Trinajstić information content (AvgIpc) is 2.76. The van der Waals surface area contributed by atoms with Crippen molar-refractivity contribution in [3.05, 3.63) is 10.1 Å². The molecule has 0 aromatic rings. The molecule has 0 aromatic heterocycles. The first-order valence-electron chi connectivity index (χ1n) is 11.8. The Kier molecular flexibility index (Phi) is 6.47. The highest BCUT2D eigenvalue weighted by Gasteiger charge is 2.41. The number of fused-ring (bicyclic) bond motifs is 1. The summed E-state index contributed by atoms with van der Waals surface area (Å²) in [5.41, 5.74) is 0.